The summed E-state index contributed by atoms with van der Waals surface area (Å²) in [6.45, 7) is 1.16. The van der Waals surface area contributed by atoms with Crippen LogP contribution in [0.3, 0.4) is 0 Å². The van der Waals surface area contributed by atoms with E-state index in [2.05, 4.69) is 20.2 Å². The Balaban J connectivity index is 1.79. The van der Waals surface area contributed by atoms with Crippen LogP contribution in [-0.4, -0.2) is 55.6 Å². The van der Waals surface area contributed by atoms with E-state index in [1.54, 1.807) is 7.11 Å². The van der Waals surface area contributed by atoms with Gasteiger partial charge >= 0.3 is 0 Å². The van der Waals surface area contributed by atoms with Gasteiger partial charge in [-0.1, -0.05) is 6.07 Å². The summed E-state index contributed by atoms with van der Waals surface area (Å²) in [6.07, 6.45) is 3.76. The van der Waals surface area contributed by atoms with Crippen molar-refractivity contribution in [2.45, 2.75) is 49.3 Å². The Bertz CT molecular complexity index is 685. The number of hydrogen-bond donors (Lipinski definition) is 1. The molecule has 0 unspecified atom stereocenters. The van der Waals surface area contributed by atoms with E-state index in [0.29, 0.717) is 12.0 Å². The number of rotatable bonds is 1. The number of aliphatic hydroxyl groups excluding tert-OH is 1. The smallest absolute Gasteiger partial charge is 0.165 e. The molecule has 5 atom stereocenters. The van der Waals surface area contributed by atoms with Crippen LogP contribution in [0.5, 0.6) is 11.5 Å². The lowest BCUT2D eigenvalue weighted by Gasteiger charge is -2.60. The van der Waals surface area contributed by atoms with Crippen molar-refractivity contribution in [1.82, 2.24) is 0 Å². The summed E-state index contributed by atoms with van der Waals surface area (Å²) in [5, 5.41) is 10.7. The lowest BCUT2D eigenvalue weighted by molar-refractivity contribution is -0.927. The molecule has 1 aromatic carbocycles. The highest BCUT2D eigenvalue weighted by Crippen LogP contribution is 2.64. The van der Waals surface area contributed by atoms with E-state index in [9.17, 15) is 5.11 Å². The average molecular weight is 316 g/mol. The fourth-order valence-corrected chi connectivity index (χ4v) is 6.24. The Kier molecular flexibility index (Phi) is 2.59. The molecule has 1 N–H and O–H groups in total. The number of nitrogens with zero attached hydrogens (tertiary/aromatic N) is 1. The Morgan fingerprint density at radius 1 is 1.30 bits per heavy atom. The third kappa shape index (κ3) is 1.50. The van der Waals surface area contributed by atoms with Gasteiger partial charge in [0.2, 0.25) is 0 Å². The lowest BCUT2D eigenvalue weighted by Crippen LogP contribution is -2.71. The number of benzene rings is 1. The second-order valence-electron chi connectivity index (χ2n) is 8.48. The molecule has 0 aromatic heterocycles. The summed E-state index contributed by atoms with van der Waals surface area (Å²) in [7, 11) is 6.47. The number of quaternary nitrogens is 1. The van der Waals surface area contributed by atoms with Crippen molar-refractivity contribution in [2.24, 2.45) is 5.92 Å². The first kappa shape index (κ1) is 14.1. The number of likely N-dealkylation sites (tertiary alicyclic amines) is 1. The van der Waals surface area contributed by atoms with E-state index in [4.69, 9.17) is 9.47 Å². The van der Waals surface area contributed by atoms with Crippen molar-refractivity contribution in [3.63, 3.8) is 0 Å². The molecule has 2 fully saturated rings. The van der Waals surface area contributed by atoms with Gasteiger partial charge in [0.25, 0.3) is 0 Å². The van der Waals surface area contributed by atoms with E-state index < -0.39 is 0 Å². The molecular weight excluding hydrogens is 290 g/mol. The number of ether oxygens (including phenoxy) is 2. The van der Waals surface area contributed by atoms with E-state index in [1.165, 1.54) is 11.1 Å². The van der Waals surface area contributed by atoms with Crippen LogP contribution in [0.25, 0.3) is 0 Å². The largest absolute Gasteiger partial charge is 0.493 e. The van der Waals surface area contributed by atoms with Crippen molar-refractivity contribution in [3.8, 4) is 11.5 Å². The Hall–Kier alpha value is -1.26. The van der Waals surface area contributed by atoms with Crippen molar-refractivity contribution in [3.05, 3.63) is 23.3 Å². The molecule has 2 aliphatic heterocycles. The first-order valence-electron chi connectivity index (χ1n) is 8.87. The fraction of sp³-hybridized carbons (Fsp3) is 0.684. The SMILES string of the molecule is COc1ccc2c3c1O[C@H]1[C@H](O)CC[C@H]4[C@@H](C2)[N+](C)(C)CC[C@@]341. The van der Waals surface area contributed by atoms with Crippen LogP contribution in [0.15, 0.2) is 12.1 Å². The Labute approximate surface area is 137 Å². The quantitative estimate of drug-likeness (QED) is 0.804. The second-order valence-corrected chi connectivity index (χ2v) is 8.48. The molecule has 2 aliphatic carbocycles. The average Bonchev–Trinajstić information content (AvgIpc) is 2.88. The van der Waals surface area contributed by atoms with Crippen LogP contribution >= 0.6 is 0 Å². The van der Waals surface area contributed by atoms with E-state index in [0.717, 1.165) is 48.2 Å². The molecule has 5 rings (SSSR count). The molecule has 1 aromatic rings. The minimum atomic E-state index is -0.358. The number of piperidine rings is 1. The monoisotopic (exact) mass is 316 g/mol. The van der Waals surface area contributed by atoms with Crippen LogP contribution in [0.2, 0.25) is 0 Å². The van der Waals surface area contributed by atoms with Crippen LogP contribution in [0.1, 0.15) is 30.4 Å². The van der Waals surface area contributed by atoms with Gasteiger partial charge in [-0.3, -0.25) is 0 Å². The van der Waals surface area contributed by atoms with Crippen LogP contribution in [0.4, 0.5) is 0 Å². The molecule has 2 heterocycles. The zero-order chi connectivity index (χ0) is 16.0. The van der Waals surface area contributed by atoms with Crippen LogP contribution in [0, 0.1) is 5.92 Å². The molecule has 2 bridgehead atoms. The molecule has 1 spiro atoms. The number of hydrogen-bond acceptors (Lipinski definition) is 3. The minimum absolute atomic E-state index is 0.00750. The highest BCUT2D eigenvalue weighted by Gasteiger charge is 2.68. The van der Waals surface area contributed by atoms with Gasteiger partial charge in [-0.25, -0.2) is 0 Å². The molecule has 124 valence electrons. The van der Waals surface area contributed by atoms with Gasteiger partial charge < -0.3 is 19.1 Å². The topological polar surface area (TPSA) is 38.7 Å². The summed E-state index contributed by atoms with van der Waals surface area (Å²) in [6, 6.07) is 4.92. The third-order valence-corrected chi connectivity index (χ3v) is 7.32. The second kappa shape index (κ2) is 4.22. The molecular formula is C19H26NO3+. The van der Waals surface area contributed by atoms with Crippen LogP contribution in [-0.2, 0) is 11.8 Å². The van der Waals surface area contributed by atoms with Crippen molar-refractivity contribution in [1.29, 1.82) is 0 Å². The fourth-order valence-electron chi connectivity index (χ4n) is 6.24. The normalized spacial score (nSPS) is 41.9. The zero-order valence-electron chi connectivity index (χ0n) is 14.2. The maximum absolute atomic E-state index is 10.7. The van der Waals surface area contributed by atoms with Crippen molar-refractivity contribution in [2.75, 3.05) is 27.7 Å². The van der Waals surface area contributed by atoms with E-state index >= 15 is 0 Å². The zero-order valence-corrected chi connectivity index (χ0v) is 14.2. The predicted octanol–water partition coefficient (Wildman–Crippen LogP) is 1.87. The number of likely N-dealkylation sites (N-methyl/N-ethyl adjacent to an activating group) is 1. The molecule has 0 radical (unpaired) electrons. The number of aliphatic hydroxyl groups is 1. The van der Waals surface area contributed by atoms with Crippen molar-refractivity contribution < 1.29 is 19.1 Å². The maximum Gasteiger partial charge on any atom is 0.165 e. The van der Waals surface area contributed by atoms with Gasteiger partial charge in [-0.2, -0.15) is 0 Å². The molecule has 4 aliphatic rings. The standard InChI is InChI=1S/C19H26NO3/c1-20(2)9-8-19-12-5-6-14(21)18(19)23-17-15(22-3)7-4-11(16(17)19)10-13(12)20/h4,7,12-14,18,21H,5-6,8-10H2,1-3H3/q+1/t12-,13+,14+,18-,19-/m0/s1. The van der Waals surface area contributed by atoms with Gasteiger partial charge in [0.15, 0.2) is 11.5 Å². The first-order chi connectivity index (χ1) is 11.0. The first-order valence-corrected chi connectivity index (χ1v) is 8.87. The van der Waals surface area contributed by atoms with Gasteiger partial charge in [0, 0.05) is 24.3 Å². The summed E-state index contributed by atoms with van der Waals surface area (Å²) in [5.41, 5.74) is 2.80. The van der Waals surface area contributed by atoms with Gasteiger partial charge in [-0.05, 0) is 24.5 Å². The highest BCUT2D eigenvalue weighted by molar-refractivity contribution is 5.60. The van der Waals surface area contributed by atoms with Gasteiger partial charge in [-0.15, -0.1) is 0 Å². The lowest BCUT2D eigenvalue weighted by atomic mass is 9.51. The molecule has 1 saturated heterocycles. The minimum Gasteiger partial charge on any atom is -0.493 e. The van der Waals surface area contributed by atoms with E-state index in [1.807, 2.05) is 6.07 Å². The van der Waals surface area contributed by atoms with E-state index in [-0.39, 0.29) is 17.6 Å². The molecule has 0 amide bonds. The maximum atomic E-state index is 10.7. The summed E-state index contributed by atoms with van der Waals surface area (Å²) < 4.78 is 13.1. The van der Waals surface area contributed by atoms with Crippen LogP contribution < -0.4 is 9.47 Å². The van der Waals surface area contributed by atoms with Gasteiger partial charge in [0.1, 0.15) is 6.10 Å². The number of methoxy groups -OCH3 is 1. The highest BCUT2D eigenvalue weighted by atomic mass is 16.5. The molecule has 1 saturated carbocycles. The Morgan fingerprint density at radius 3 is 2.91 bits per heavy atom. The third-order valence-electron chi connectivity index (χ3n) is 7.32. The summed E-state index contributed by atoms with van der Waals surface area (Å²) in [5.74, 6) is 2.36. The van der Waals surface area contributed by atoms with Crippen molar-refractivity contribution >= 4 is 0 Å². The molecule has 4 heteroatoms. The Morgan fingerprint density at radius 2 is 2.13 bits per heavy atom. The molecule has 4 nitrogen and oxygen atoms in total. The molecule has 23 heavy (non-hydrogen) atoms. The van der Waals surface area contributed by atoms with Gasteiger partial charge in [0.05, 0.1) is 45.3 Å². The summed E-state index contributed by atoms with van der Waals surface area (Å²) >= 11 is 0. The summed E-state index contributed by atoms with van der Waals surface area (Å²) in [4.78, 5) is 0. The predicted molar refractivity (Wildman–Crippen MR) is 86.9 cm³/mol.